The van der Waals surface area contributed by atoms with Crippen molar-refractivity contribution in [3.8, 4) is 11.3 Å². The number of rotatable bonds is 3. The Labute approximate surface area is 161 Å². The lowest BCUT2D eigenvalue weighted by atomic mass is 9.95. The predicted molar refractivity (Wildman–Crippen MR) is 104 cm³/mol. The Morgan fingerprint density at radius 1 is 1.08 bits per heavy atom. The molecule has 1 atom stereocenters. The van der Waals surface area contributed by atoms with Crippen molar-refractivity contribution in [2.24, 2.45) is 0 Å². The van der Waals surface area contributed by atoms with Crippen molar-refractivity contribution in [1.29, 1.82) is 0 Å². The van der Waals surface area contributed by atoms with E-state index in [9.17, 15) is 4.79 Å². The van der Waals surface area contributed by atoms with E-state index in [-0.39, 0.29) is 18.0 Å². The Bertz CT molecular complexity index is 982. The summed E-state index contributed by atoms with van der Waals surface area (Å²) in [5.41, 5.74) is 4.09. The highest BCUT2D eigenvalue weighted by molar-refractivity contribution is 6.42. The number of carbonyl (C=O) groups excluding carboxylic acids is 1. The normalized spacial score (nSPS) is 16.4. The van der Waals surface area contributed by atoms with E-state index in [1.807, 2.05) is 61.2 Å². The molecule has 0 spiro atoms. The highest BCUT2D eigenvalue weighted by Gasteiger charge is 2.43. The molecular weight excluding hydrogens is 369 g/mol. The van der Waals surface area contributed by atoms with Gasteiger partial charge in [-0.2, -0.15) is 5.10 Å². The minimum atomic E-state index is -0.263. The summed E-state index contributed by atoms with van der Waals surface area (Å²) in [5.74, 6) is -0.0549. The zero-order valence-corrected chi connectivity index (χ0v) is 15.8. The molecule has 3 aromatic rings. The molecule has 0 fully saturated rings. The lowest BCUT2D eigenvalue weighted by Gasteiger charge is -2.30. The Morgan fingerprint density at radius 3 is 2.46 bits per heavy atom. The summed E-state index contributed by atoms with van der Waals surface area (Å²) in [5, 5.41) is 8.34. The number of hydrogen-bond donors (Lipinski definition) is 1. The van der Waals surface area contributed by atoms with Crippen molar-refractivity contribution < 1.29 is 4.79 Å². The molecule has 26 heavy (non-hydrogen) atoms. The number of hydrogen-bond acceptors (Lipinski definition) is 2. The van der Waals surface area contributed by atoms with Gasteiger partial charge in [-0.3, -0.25) is 9.89 Å². The zero-order valence-electron chi connectivity index (χ0n) is 14.3. The fourth-order valence-corrected chi connectivity index (χ4v) is 3.83. The van der Waals surface area contributed by atoms with Crippen molar-refractivity contribution in [1.82, 2.24) is 15.1 Å². The Morgan fingerprint density at radius 2 is 1.81 bits per heavy atom. The first-order chi connectivity index (χ1) is 12.5. The topological polar surface area (TPSA) is 49.0 Å². The summed E-state index contributed by atoms with van der Waals surface area (Å²) in [6, 6.07) is 15.1. The molecule has 1 N–H and O–H groups in total. The maximum absolute atomic E-state index is 13.0. The summed E-state index contributed by atoms with van der Waals surface area (Å²) in [7, 11) is 0. The van der Waals surface area contributed by atoms with E-state index in [2.05, 4.69) is 10.2 Å². The molecule has 4 nitrogen and oxygen atoms in total. The van der Waals surface area contributed by atoms with E-state index in [0.717, 1.165) is 22.4 Å². The van der Waals surface area contributed by atoms with E-state index < -0.39 is 0 Å². The van der Waals surface area contributed by atoms with Crippen LogP contribution in [0.25, 0.3) is 11.3 Å². The molecule has 2 aromatic carbocycles. The first-order valence-electron chi connectivity index (χ1n) is 8.40. The molecule has 0 radical (unpaired) electrons. The maximum atomic E-state index is 13.0. The van der Waals surface area contributed by atoms with Crippen LogP contribution >= 0.6 is 23.2 Å². The molecule has 0 saturated heterocycles. The average Bonchev–Trinajstić information content (AvgIpc) is 3.17. The van der Waals surface area contributed by atoms with Crippen LogP contribution < -0.4 is 0 Å². The quantitative estimate of drug-likeness (QED) is 0.661. The number of aromatic amines is 1. The third-order valence-electron chi connectivity index (χ3n) is 4.67. The van der Waals surface area contributed by atoms with E-state index in [1.165, 1.54) is 0 Å². The van der Waals surface area contributed by atoms with Crippen LogP contribution in [0, 0.1) is 0 Å². The second-order valence-corrected chi connectivity index (χ2v) is 7.42. The number of fused-ring (bicyclic) bond motifs is 1. The highest BCUT2D eigenvalue weighted by atomic mass is 35.5. The molecule has 2 heterocycles. The lowest BCUT2D eigenvalue weighted by molar-refractivity contribution is 0.0688. The van der Waals surface area contributed by atoms with Crippen molar-refractivity contribution in [2.45, 2.75) is 25.9 Å². The minimum Gasteiger partial charge on any atom is -0.324 e. The molecule has 1 aliphatic rings. The van der Waals surface area contributed by atoms with Crippen molar-refractivity contribution in [2.75, 3.05) is 0 Å². The summed E-state index contributed by atoms with van der Waals surface area (Å²) in [4.78, 5) is 14.9. The van der Waals surface area contributed by atoms with Crippen molar-refractivity contribution in [3.63, 3.8) is 0 Å². The van der Waals surface area contributed by atoms with E-state index >= 15 is 0 Å². The predicted octanol–water partition coefficient (Wildman–Crippen LogP) is 5.34. The van der Waals surface area contributed by atoms with Gasteiger partial charge in [0.2, 0.25) is 0 Å². The van der Waals surface area contributed by atoms with Gasteiger partial charge in [-0.25, -0.2) is 0 Å². The number of benzene rings is 2. The Hall–Kier alpha value is -2.30. The number of aromatic nitrogens is 2. The molecule has 132 valence electrons. The Balaban J connectivity index is 1.94. The van der Waals surface area contributed by atoms with Crippen LogP contribution in [0.3, 0.4) is 0 Å². The average molecular weight is 386 g/mol. The summed E-state index contributed by atoms with van der Waals surface area (Å²) < 4.78 is 0. The van der Waals surface area contributed by atoms with E-state index in [0.29, 0.717) is 15.7 Å². The van der Waals surface area contributed by atoms with Crippen LogP contribution in [0.2, 0.25) is 10.0 Å². The fourth-order valence-electron chi connectivity index (χ4n) is 3.52. The molecule has 0 bridgehead atoms. The standard InChI is InChI=1S/C20H17Cl2N3O/c1-11(2)25-19(13-8-9-14(21)15(22)10-13)16-17(12-6-4-3-5-7-12)23-24-18(16)20(25)26/h3-11,19H,1-2H3,(H,23,24). The van der Waals surface area contributed by atoms with Gasteiger partial charge in [-0.1, -0.05) is 59.6 Å². The summed E-state index contributed by atoms with van der Waals surface area (Å²) >= 11 is 12.3. The largest absolute Gasteiger partial charge is 0.324 e. The number of halogens is 2. The second-order valence-electron chi connectivity index (χ2n) is 6.61. The minimum absolute atomic E-state index is 0.0198. The molecule has 0 saturated carbocycles. The number of carbonyl (C=O) groups is 1. The number of nitrogens with zero attached hydrogens (tertiary/aromatic N) is 2. The van der Waals surface area contributed by atoms with Crippen LogP contribution in [0.4, 0.5) is 0 Å². The van der Waals surface area contributed by atoms with Crippen molar-refractivity contribution in [3.05, 3.63) is 75.4 Å². The van der Waals surface area contributed by atoms with Gasteiger partial charge >= 0.3 is 0 Å². The fraction of sp³-hybridized carbons (Fsp3) is 0.200. The van der Waals surface area contributed by atoms with Crippen LogP contribution in [0.1, 0.15) is 41.5 Å². The van der Waals surface area contributed by atoms with Crippen molar-refractivity contribution >= 4 is 29.1 Å². The second kappa shape index (κ2) is 6.45. The monoisotopic (exact) mass is 385 g/mol. The van der Waals surface area contributed by atoms with Crippen LogP contribution in [0.15, 0.2) is 48.5 Å². The summed E-state index contributed by atoms with van der Waals surface area (Å²) in [6.45, 7) is 4.01. The molecular formula is C20H17Cl2N3O. The number of H-pyrrole nitrogens is 1. The zero-order chi connectivity index (χ0) is 18.4. The van der Waals surface area contributed by atoms with Gasteiger partial charge in [-0.15, -0.1) is 0 Å². The molecule has 6 heteroatoms. The third kappa shape index (κ3) is 2.61. The summed E-state index contributed by atoms with van der Waals surface area (Å²) in [6.07, 6.45) is 0. The molecule has 0 aliphatic carbocycles. The van der Waals surface area contributed by atoms with Gasteiger partial charge in [0.25, 0.3) is 5.91 Å². The number of nitrogens with one attached hydrogen (secondary N) is 1. The molecule has 4 rings (SSSR count). The van der Waals surface area contributed by atoms with Gasteiger partial charge < -0.3 is 4.90 Å². The van der Waals surface area contributed by atoms with Crippen LogP contribution in [-0.2, 0) is 0 Å². The first-order valence-corrected chi connectivity index (χ1v) is 9.16. The van der Waals surface area contributed by atoms with Gasteiger partial charge in [0.05, 0.1) is 21.8 Å². The van der Waals surface area contributed by atoms with Crippen LogP contribution in [0.5, 0.6) is 0 Å². The van der Waals surface area contributed by atoms with Crippen LogP contribution in [-0.4, -0.2) is 27.0 Å². The highest BCUT2D eigenvalue weighted by Crippen LogP contribution is 2.44. The van der Waals surface area contributed by atoms with Gasteiger partial charge in [0, 0.05) is 17.2 Å². The Kier molecular flexibility index (Phi) is 4.25. The SMILES string of the molecule is CC(C)N1C(=O)c2[nH]nc(-c3ccccc3)c2C1c1ccc(Cl)c(Cl)c1. The smallest absolute Gasteiger partial charge is 0.273 e. The van der Waals surface area contributed by atoms with Gasteiger partial charge in [0.15, 0.2) is 0 Å². The van der Waals surface area contributed by atoms with E-state index in [1.54, 1.807) is 6.07 Å². The maximum Gasteiger partial charge on any atom is 0.273 e. The number of amides is 1. The molecule has 1 aromatic heterocycles. The molecule has 1 unspecified atom stereocenters. The first kappa shape index (κ1) is 17.1. The third-order valence-corrected chi connectivity index (χ3v) is 5.41. The van der Waals surface area contributed by atoms with E-state index in [4.69, 9.17) is 23.2 Å². The lowest BCUT2D eigenvalue weighted by Crippen LogP contribution is -2.35. The van der Waals surface area contributed by atoms with Gasteiger partial charge in [-0.05, 0) is 31.5 Å². The molecule has 1 aliphatic heterocycles. The van der Waals surface area contributed by atoms with Gasteiger partial charge in [0.1, 0.15) is 5.69 Å². The molecule has 1 amide bonds.